The summed E-state index contributed by atoms with van der Waals surface area (Å²) in [4.78, 5) is 24.4. The van der Waals surface area contributed by atoms with Crippen molar-refractivity contribution in [3.05, 3.63) is 29.3 Å². The second kappa shape index (κ2) is 7.43. The maximum atomic E-state index is 12.3. The number of ether oxygens (including phenoxy) is 1. The van der Waals surface area contributed by atoms with Gasteiger partial charge in [0.25, 0.3) is 5.91 Å². The Morgan fingerprint density at radius 2 is 2.04 bits per heavy atom. The molecule has 9 heteroatoms. The Balaban J connectivity index is 1.64. The smallest absolute Gasteiger partial charge is 0.338 e. The fourth-order valence-corrected chi connectivity index (χ4v) is 5.26. The molecule has 3 rings (SSSR count). The molecule has 1 aliphatic heterocycles. The van der Waals surface area contributed by atoms with Gasteiger partial charge in [0, 0.05) is 6.04 Å². The SMILES string of the molecule is C[C@@H]1Cc2cc(C(=O)OCC(=O)NC3(C#N)CCCC3)ccc2N1S(C)(=O)=O. The zero-order chi connectivity index (χ0) is 20.5. The Hall–Kier alpha value is -2.60. The van der Waals surface area contributed by atoms with Gasteiger partial charge in [0.05, 0.1) is 23.6 Å². The summed E-state index contributed by atoms with van der Waals surface area (Å²) in [7, 11) is -3.40. The van der Waals surface area contributed by atoms with Crippen molar-refractivity contribution in [2.24, 2.45) is 0 Å². The molecule has 0 aromatic heterocycles. The number of carbonyl (C=O) groups excluding carboxylic acids is 2. The van der Waals surface area contributed by atoms with E-state index in [9.17, 15) is 23.3 Å². The minimum Gasteiger partial charge on any atom is -0.452 e. The lowest BCUT2D eigenvalue weighted by Gasteiger charge is -2.22. The number of nitriles is 1. The second-order valence-corrected chi connectivity index (χ2v) is 9.34. The molecule has 0 spiro atoms. The van der Waals surface area contributed by atoms with E-state index in [1.807, 2.05) is 0 Å². The van der Waals surface area contributed by atoms with E-state index in [0.717, 1.165) is 24.7 Å². The van der Waals surface area contributed by atoms with E-state index in [0.29, 0.717) is 24.9 Å². The summed E-state index contributed by atoms with van der Waals surface area (Å²) in [5, 5.41) is 12.0. The Morgan fingerprint density at radius 3 is 2.64 bits per heavy atom. The predicted molar refractivity (Wildman–Crippen MR) is 102 cm³/mol. The van der Waals surface area contributed by atoms with E-state index >= 15 is 0 Å². The molecule has 0 radical (unpaired) electrons. The third-order valence-corrected chi connectivity index (χ3v) is 6.48. The molecule has 28 heavy (non-hydrogen) atoms. The number of anilines is 1. The van der Waals surface area contributed by atoms with Crippen molar-refractivity contribution in [1.82, 2.24) is 5.32 Å². The summed E-state index contributed by atoms with van der Waals surface area (Å²) in [6.07, 6.45) is 4.61. The van der Waals surface area contributed by atoms with Gasteiger partial charge < -0.3 is 10.1 Å². The van der Waals surface area contributed by atoms with E-state index in [1.165, 1.54) is 10.4 Å². The van der Waals surface area contributed by atoms with Crippen LogP contribution in [-0.4, -0.2) is 44.7 Å². The van der Waals surface area contributed by atoms with Crippen LogP contribution in [-0.2, 0) is 26.0 Å². The Labute approximate surface area is 164 Å². The zero-order valence-corrected chi connectivity index (χ0v) is 16.7. The van der Waals surface area contributed by atoms with Crippen molar-refractivity contribution < 1.29 is 22.7 Å². The molecule has 0 saturated heterocycles. The molecule has 0 bridgehead atoms. The highest BCUT2D eigenvalue weighted by Gasteiger charge is 2.36. The summed E-state index contributed by atoms with van der Waals surface area (Å²) < 4.78 is 30.3. The van der Waals surface area contributed by atoms with Gasteiger partial charge in [-0.1, -0.05) is 0 Å². The molecule has 1 aliphatic carbocycles. The van der Waals surface area contributed by atoms with Gasteiger partial charge in [0.15, 0.2) is 6.61 Å². The number of nitrogens with one attached hydrogen (secondary N) is 1. The van der Waals surface area contributed by atoms with Crippen molar-refractivity contribution in [1.29, 1.82) is 5.26 Å². The number of amides is 1. The monoisotopic (exact) mass is 405 g/mol. The van der Waals surface area contributed by atoms with Crippen LogP contribution in [0.2, 0.25) is 0 Å². The maximum Gasteiger partial charge on any atom is 0.338 e. The number of esters is 1. The van der Waals surface area contributed by atoms with Gasteiger partial charge in [-0.25, -0.2) is 13.2 Å². The van der Waals surface area contributed by atoms with Gasteiger partial charge in [-0.3, -0.25) is 9.10 Å². The van der Waals surface area contributed by atoms with Crippen molar-refractivity contribution in [2.75, 3.05) is 17.2 Å². The first-order valence-corrected chi connectivity index (χ1v) is 11.0. The number of hydrogen-bond donors (Lipinski definition) is 1. The topological polar surface area (TPSA) is 117 Å². The van der Waals surface area contributed by atoms with E-state index in [1.54, 1.807) is 19.1 Å². The Bertz CT molecular complexity index is 945. The molecular formula is C19H23N3O5S. The van der Waals surface area contributed by atoms with E-state index in [2.05, 4.69) is 11.4 Å². The van der Waals surface area contributed by atoms with Gasteiger partial charge in [-0.15, -0.1) is 0 Å². The molecule has 1 saturated carbocycles. The lowest BCUT2D eigenvalue weighted by atomic mass is 10.00. The number of sulfonamides is 1. The third-order valence-electron chi connectivity index (χ3n) is 5.21. The molecule has 1 aromatic rings. The molecule has 1 fully saturated rings. The highest BCUT2D eigenvalue weighted by Crippen LogP contribution is 2.34. The van der Waals surface area contributed by atoms with Crippen LogP contribution < -0.4 is 9.62 Å². The fraction of sp³-hybridized carbons (Fsp3) is 0.526. The van der Waals surface area contributed by atoms with Gasteiger partial charge in [0.1, 0.15) is 5.54 Å². The second-order valence-electron chi connectivity index (χ2n) is 7.48. The predicted octanol–water partition coefficient (Wildman–Crippen LogP) is 1.51. The molecular weight excluding hydrogens is 382 g/mol. The van der Waals surface area contributed by atoms with E-state index in [-0.39, 0.29) is 11.6 Å². The van der Waals surface area contributed by atoms with Crippen LogP contribution in [0.15, 0.2) is 18.2 Å². The first-order chi connectivity index (χ1) is 13.1. The highest BCUT2D eigenvalue weighted by atomic mass is 32.2. The summed E-state index contributed by atoms with van der Waals surface area (Å²) >= 11 is 0. The van der Waals surface area contributed by atoms with Crippen molar-refractivity contribution in [3.63, 3.8) is 0 Å². The van der Waals surface area contributed by atoms with Gasteiger partial charge >= 0.3 is 5.97 Å². The Morgan fingerprint density at radius 1 is 1.36 bits per heavy atom. The van der Waals surface area contributed by atoms with E-state index < -0.39 is 34.0 Å². The molecule has 1 N–H and O–H groups in total. The molecule has 1 amide bonds. The maximum absolute atomic E-state index is 12.3. The van der Waals surface area contributed by atoms with Crippen LogP contribution in [0.1, 0.15) is 48.5 Å². The molecule has 2 aliphatic rings. The number of nitrogens with zero attached hydrogens (tertiary/aromatic N) is 2. The number of rotatable bonds is 5. The molecule has 0 unspecified atom stereocenters. The zero-order valence-electron chi connectivity index (χ0n) is 15.9. The largest absolute Gasteiger partial charge is 0.452 e. The summed E-state index contributed by atoms with van der Waals surface area (Å²) in [6.45, 7) is 1.34. The Kier molecular flexibility index (Phi) is 5.35. The average Bonchev–Trinajstić information content (AvgIpc) is 3.22. The van der Waals surface area contributed by atoms with Crippen LogP contribution >= 0.6 is 0 Å². The minimum absolute atomic E-state index is 0.226. The number of fused-ring (bicyclic) bond motifs is 1. The molecule has 1 atom stereocenters. The van der Waals surface area contributed by atoms with Crippen molar-refractivity contribution in [3.8, 4) is 6.07 Å². The quantitative estimate of drug-likeness (QED) is 0.742. The van der Waals surface area contributed by atoms with Crippen LogP contribution in [0.3, 0.4) is 0 Å². The first kappa shape index (κ1) is 20.1. The molecule has 1 aromatic carbocycles. The normalized spacial score (nSPS) is 20.3. The number of carbonyl (C=O) groups is 2. The summed E-state index contributed by atoms with van der Waals surface area (Å²) in [5.41, 5.74) is 0.695. The lowest BCUT2D eigenvalue weighted by molar-refractivity contribution is -0.125. The number of hydrogen-bond acceptors (Lipinski definition) is 6. The van der Waals surface area contributed by atoms with Crippen LogP contribution in [0, 0.1) is 11.3 Å². The first-order valence-electron chi connectivity index (χ1n) is 9.17. The molecule has 150 valence electrons. The summed E-state index contributed by atoms with van der Waals surface area (Å²) in [5.74, 6) is -1.17. The molecule has 1 heterocycles. The average molecular weight is 405 g/mol. The minimum atomic E-state index is -3.40. The standard InChI is InChI=1S/C19H23N3O5S/c1-13-9-15-10-14(5-6-16(15)22(13)28(2,25)26)18(24)27-11-17(23)21-19(12-20)7-3-4-8-19/h5-6,10,13H,3-4,7-9,11H2,1-2H3,(H,21,23)/t13-/m1/s1. The summed E-state index contributed by atoms with van der Waals surface area (Å²) in [6, 6.07) is 6.60. The van der Waals surface area contributed by atoms with Crippen molar-refractivity contribution >= 4 is 27.6 Å². The van der Waals surface area contributed by atoms with Crippen LogP contribution in [0.5, 0.6) is 0 Å². The molecule has 8 nitrogen and oxygen atoms in total. The van der Waals surface area contributed by atoms with Gasteiger partial charge in [-0.2, -0.15) is 5.26 Å². The fourth-order valence-electron chi connectivity index (χ4n) is 4.00. The third kappa shape index (κ3) is 3.97. The van der Waals surface area contributed by atoms with E-state index in [4.69, 9.17) is 4.74 Å². The van der Waals surface area contributed by atoms with Gasteiger partial charge in [0.2, 0.25) is 10.0 Å². The van der Waals surface area contributed by atoms with Crippen molar-refractivity contribution in [2.45, 2.75) is 50.6 Å². The van der Waals surface area contributed by atoms with Crippen LogP contribution in [0.4, 0.5) is 5.69 Å². The van der Waals surface area contributed by atoms with Crippen LogP contribution in [0.25, 0.3) is 0 Å². The highest BCUT2D eigenvalue weighted by molar-refractivity contribution is 7.92. The lowest BCUT2D eigenvalue weighted by Crippen LogP contribution is -2.46. The number of benzene rings is 1. The van der Waals surface area contributed by atoms with Gasteiger partial charge in [-0.05, 0) is 62.8 Å².